The van der Waals surface area contributed by atoms with Crippen molar-refractivity contribution in [1.82, 2.24) is 5.32 Å². The molecule has 0 saturated heterocycles. The first kappa shape index (κ1) is 13.0. The highest BCUT2D eigenvalue weighted by Crippen LogP contribution is 2.24. The summed E-state index contributed by atoms with van der Waals surface area (Å²) in [5.74, 6) is -0.333. The number of carbonyl (C=O) groups excluding carboxylic acids is 1. The van der Waals surface area contributed by atoms with E-state index in [2.05, 4.69) is 5.32 Å². The first-order valence-corrected chi connectivity index (χ1v) is 6.36. The largest absolute Gasteiger partial charge is 0.352 e. The van der Waals surface area contributed by atoms with Gasteiger partial charge in [0.1, 0.15) is 5.82 Å². The van der Waals surface area contributed by atoms with Crippen molar-refractivity contribution in [1.29, 1.82) is 0 Å². The Morgan fingerprint density at radius 2 is 2.28 bits per heavy atom. The molecule has 18 heavy (non-hydrogen) atoms. The van der Waals surface area contributed by atoms with Crippen molar-refractivity contribution < 1.29 is 9.18 Å². The van der Waals surface area contributed by atoms with Crippen LogP contribution in [0.3, 0.4) is 0 Å². The van der Waals surface area contributed by atoms with Gasteiger partial charge in [-0.25, -0.2) is 4.39 Å². The molecule has 1 aliphatic carbocycles. The normalized spacial score (nSPS) is 23.1. The number of hydrogen-bond acceptors (Lipinski definition) is 2. The van der Waals surface area contributed by atoms with Crippen molar-refractivity contribution in [3.63, 3.8) is 0 Å². The maximum absolute atomic E-state index is 13.3. The molecule has 2 atom stereocenters. The lowest BCUT2D eigenvalue weighted by Crippen LogP contribution is -2.38. The Balaban J connectivity index is 1.91. The van der Waals surface area contributed by atoms with E-state index in [0.717, 1.165) is 24.8 Å². The zero-order valence-corrected chi connectivity index (χ0v) is 10.6. The second kappa shape index (κ2) is 5.48. The molecule has 4 heteroatoms. The first-order chi connectivity index (χ1) is 8.58. The Hall–Kier alpha value is -1.42. The summed E-state index contributed by atoms with van der Waals surface area (Å²) < 4.78 is 13.3. The summed E-state index contributed by atoms with van der Waals surface area (Å²) in [5, 5.41) is 2.83. The van der Waals surface area contributed by atoms with Crippen LogP contribution in [0.5, 0.6) is 0 Å². The molecule has 0 spiro atoms. The topological polar surface area (TPSA) is 55.1 Å². The van der Waals surface area contributed by atoms with E-state index in [1.54, 1.807) is 13.0 Å². The number of benzene rings is 1. The van der Waals surface area contributed by atoms with Crippen LogP contribution in [0.2, 0.25) is 0 Å². The zero-order valence-electron chi connectivity index (χ0n) is 10.6. The van der Waals surface area contributed by atoms with Gasteiger partial charge in [-0.3, -0.25) is 4.79 Å². The van der Waals surface area contributed by atoms with Gasteiger partial charge < -0.3 is 11.1 Å². The van der Waals surface area contributed by atoms with E-state index in [1.807, 2.05) is 6.07 Å². The highest BCUT2D eigenvalue weighted by atomic mass is 19.1. The minimum absolute atomic E-state index is 0.0130. The average Bonchev–Trinajstić information content (AvgIpc) is 2.77. The second-order valence-corrected chi connectivity index (χ2v) is 5.00. The third kappa shape index (κ3) is 2.88. The van der Waals surface area contributed by atoms with Gasteiger partial charge >= 0.3 is 0 Å². The molecule has 0 aromatic heterocycles. The van der Waals surface area contributed by atoms with Crippen molar-refractivity contribution in [3.05, 3.63) is 35.1 Å². The van der Waals surface area contributed by atoms with Crippen LogP contribution in [0, 0.1) is 18.7 Å². The molecule has 3 nitrogen and oxygen atoms in total. The number of rotatable bonds is 3. The van der Waals surface area contributed by atoms with Crippen LogP contribution in [-0.2, 0) is 11.3 Å². The first-order valence-electron chi connectivity index (χ1n) is 6.36. The molecule has 3 N–H and O–H groups in total. The number of aryl methyl sites for hydroxylation is 1. The second-order valence-electron chi connectivity index (χ2n) is 5.00. The number of carbonyl (C=O) groups is 1. The Kier molecular flexibility index (Phi) is 3.97. The third-order valence-electron chi connectivity index (χ3n) is 3.61. The molecule has 98 valence electrons. The summed E-state index contributed by atoms with van der Waals surface area (Å²) in [6, 6.07) is 4.98. The number of nitrogens with two attached hydrogens (primary N) is 1. The van der Waals surface area contributed by atoms with Gasteiger partial charge in [0.15, 0.2) is 0 Å². The summed E-state index contributed by atoms with van der Waals surface area (Å²) in [4.78, 5) is 11.9. The highest BCUT2D eigenvalue weighted by Gasteiger charge is 2.29. The number of hydrogen-bond donors (Lipinski definition) is 2. The smallest absolute Gasteiger partial charge is 0.224 e. The fourth-order valence-electron chi connectivity index (χ4n) is 2.38. The van der Waals surface area contributed by atoms with Crippen molar-refractivity contribution >= 4 is 5.91 Å². The molecule has 2 rings (SSSR count). The molecule has 1 amide bonds. The Morgan fingerprint density at radius 3 is 2.89 bits per heavy atom. The van der Waals surface area contributed by atoms with Crippen LogP contribution in [0.15, 0.2) is 18.2 Å². The summed E-state index contributed by atoms with van der Waals surface area (Å²) in [6.45, 7) is 2.08. The number of nitrogens with one attached hydrogen (secondary N) is 1. The summed E-state index contributed by atoms with van der Waals surface area (Å²) >= 11 is 0. The van der Waals surface area contributed by atoms with Crippen molar-refractivity contribution in [3.8, 4) is 0 Å². The molecule has 1 fully saturated rings. The summed E-state index contributed by atoms with van der Waals surface area (Å²) in [7, 11) is 0. The lowest BCUT2D eigenvalue weighted by atomic mass is 10.0. The van der Waals surface area contributed by atoms with Crippen LogP contribution in [-0.4, -0.2) is 11.9 Å². The lowest BCUT2D eigenvalue weighted by molar-refractivity contribution is -0.125. The van der Waals surface area contributed by atoms with Crippen LogP contribution in [0.1, 0.15) is 30.4 Å². The minimum Gasteiger partial charge on any atom is -0.352 e. The standard InChI is InChI=1S/C14H19FN2O/c1-9-5-6-10(7-12(9)15)8-17-14(18)11-3-2-4-13(11)16/h5-7,11,13H,2-4,8,16H2,1H3,(H,17,18). The van der Waals surface area contributed by atoms with E-state index in [4.69, 9.17) is 5.73 Å². The maximum Gasteiger partial charge on any atom is 0.224 e. The molecule has 1 aromatic carbocycles. The molecule has 0 aliphatic heterocycles. The molecule has 1 aromatic rings. The van der Waals surface area contributed by atoms with Gasteiger partial charge in [0.25, 0.3) is 0 Å². The molecule has 0 bridgehead atoms. The van der Waals surface area contributed by atoms with E-state index in [1.165, 1.54) is 6.07 Å². The van der Waals surface area contributed by atoms with E-state index < -0.39 is 0 Å². The fraction of sp³-hybridized carbons (Fsp3) is 0.500. The molecule has 1 aliphatic rings. The Bertz CT molecular complexity index is 447. The van der Waals surface area contributed by atoms with Crippen LogP contribution in [0.4, 0.5) is 4.39 Å². The number of amides is 1. The predicted octanol–water partition coefficient (Wildman–Crippen LogP) is 1.88. The van der Waals surface area contributed by atoms with Crippen LogP contribution >= 0.6 is 0 Å². The monoisotopic (exact) mass is 250 g/mol. The van der Waals surface area contributed by atoms with E-state index in [-0.39, 0.29) is 23.7 Å². The van der Waals surface area contributed by atoms with Crippen LogP contribution in [0.25, 0.3) is 0 Å². The molecular formula is C14H19FN2O. The van der Waals surface area contributed by atoms with Gasteiger partial charge in [0.2, 0.25) is 5.91 Å². The molecular weight excluding hydrogens is 231 g/mol. The van der Waals surface area contributed by atoms with Crippen molar-refractivity contribution in [2.24, 2.45) is 11.7 Å². The predicted molar refractivity (Wildman–Crippen MR) is 68.3 cm³/mol. The van der Waals surface area contributed by atoms with Gasteiger partial charge in [-0.15, -0.1) is 0 Å². The van der Waals surface area contributed by atoms with E-state index >= 15 is 0 Å². The Morgan fingerprint density at radius 1 is 1.50 bits per heavy atom. The molecule has 2 unspecified atom stereocenters. The van der Waals surface area contributed by atoms with Gasteiger partial charge in [0.05, 0.1) is 5.92 Å². The quantitative estimate of drug-likeness (QED) is 0.860. The van der Waals surface area contributed by atoms with E-state index in [0.29, 0.717) is 12.1 Å². The summed E-state index contributed by atoms with van der Waals surface area (Å²) in [5.41, 5.74) is 7.26. The van der Waals surface area contributed by atoms with Crippen molar-refractivity contribution in [2.75, 3.05) is 0 Å². The lowest BCUT2D eigenvalue weighted by Gasteiger charge is -2.15. The molecule has 0 radical (unpaired) electrons. The average molecular weight is 250 g/mol. The van der Waals surface area contributed by atoms with Gasteiger partial charge in [-0.05, 0) is 37.0 Å². The fourth-order valence-corrected chi connectivity index (χ4v) is 2.38. The van der Waals surface area contributed by atoms with Gasteiger partial charge in [0, 0.05) is 12.6 Å². The van der Waals surface area contributed by atoms with Crippen LogP contribution < -0.4 is 11.1 Å². The molecule has 0 heterocycles. The zero-order chi connectivity index (χ0) is 13.1. The van der Waals surface area contributed by atoms with Crippen molar-refractivity contribution in [2.45, 2.75) is 38.8 Å². The third-order valence-corrected chi connectivity index (χ3v) is 3.61. The highest BCUT2D eigenvalue weighted by molar-refractivity contribution is 5.79. The maximum atomic E-state index is 13.3. The molecule has 1 saturated carbocycles. The Labute approximate surface area is 107 Å². The van der Waals surface area contributed by atoms with Gasteiger partial charge in [-0.2, -0.15) is 0 Å². The number of halogens is 1. The van der Waals surface area contributed by atoms with Gasteiger partial charge in [-0.1, -0.05) is 18.6 Å². The SMILES string of the molecule is Cc1ccc(CNC(=O)C2CCCC2N)cc1F. The minimum atomic E-state index is -0.237. The summed E-state index contributed by atoms with van der Waals surface area (Å²) in [6.07, 6.45) is 2.78. The van der Waals surface area contributed by atoms with E-state index in [9.17, 15) is 9.18 Å².